The summed E-state index contributed by atoms with van der Waals surface area (Å²) in [6, 6.07) is 0.291. The van der Waals surface area contributed by atoms with Gasteiger partial charge in [-0.25, -0.2) is 0 Å². The van der Waals surface area contributed by atoms with E-state index in [4.69, 9.17) is 5.73 Å². The highest BCUT2D eigenvalue weighted by molar-refractivity contribution is 5.82. The Morgan fingerprint density at radius 1 is 1.33 bits per heavy atom. The van der Waals surface area contributed by atoms with Crippen LogP contribution in [-0.4, -0.2) is 28.7 Å². The second-order valence-corrected chi connectivity index (χ2v) is 4.98. The highest BCUT2D eigenvalue weighted by Gasteiger charge is 2.40. The third kappa shape index (κ3) is 2.49. The number of amides is 1. The van der Waals surface area contributed by atoms with E-state index in [0.717, 1.165) is 44.9 Å². The molecule has 0 aliphatic heterocycles. The number of nitrogens with two attached hydrogens (primary N) is 1. The molecule has 2 rings (SSSR count). The lowest BCUT2D eigenvalue weighted by Crippen LogP contribution is -2.58. The van der Waals surface area contributed by atoms with Gasteiger partial charge in [-0.15, -0.1) is 0 Å². The van der Waals surface area contributed by atoms with E-state index in [9.17, 15) is 9.90 Å². The lowest BCUT2D eigenvalue weighted by Gasteiger charge is -2.36. The van der Waals surface area contributed by atoms with Gasteiger partial charge >= 0.3 is 0 Å². The van der Waals surface area contributed by atoms with Crippen molar-refractivity contribution < 1.29 is 9.90 Å². The molecule has 2 aliphatic carbocycles. The minimum absolute atomic E-state index is 0.276. The smallest absolute Gasteiger partial charge is 0.250 e. The summed E-state index contributed by atoms with van der Waals surface area (Å²) in [6.45, 7) is 0. The van der Waals surface area contributed by atoms with Gasteiger partial charge in [0.05, 0.1) is 5.54 Å². The Morgan fingerprint density at radius 3 is 2.47 bits per heavy atom. The zero-order valence-corrected chi connectivity index (χ0v) is 9.04. The van der Waals surface area contributed by atoms with E-state index in [0.29, 0.717) is 6.04 Å². The maximum absolute atomic E-state index is 11.7. The average Bonchev–Trinajstić information content (AvgIpc) is 3.01. The third-order valence-corrected chi connectivity index (χ3v) is 3.50. The molecule has 2 saturated carbocycles. The molecule has 4 nitrogen and oxygen atoms in total. The van der Waals surface area contributed by atoms with Gasteiger partial charge in [0.25, 0.3) is 5.91 Å². The predicted octanol–water partition coefficient (Wildman–Crippen LogP) is 0.287. The van der Waals surface area contributed by atoms with E-state index in [1.807, 2.05) is 0 Å². The topological polar surface area (TPSA) is 75.3 Å². The number of hydrogen-bond acceptors (Lipinski definition) is 3. The fourth-order valence-electron chi connectivity index (χ4n) is 2.25. The van der Waals surface area contributed by atoms with Crippen molar-refractivity contribution in [1.82, 2.24) is 5.32 Å². The molecule has 1 amide bonds. The number of aliphatic hydroxyl groups is 1. The molecule has 4 N–H and O–H groups in total. The lowest BCUT2D eigenvalue weighted by molar-refractivity contribution is -0.133. The van der Waals surface area contributed by atoms with Crippen LogP contribution < -0.4 is 11.1 Å². The Bertz CT molecular complexity index is 245. The van der Waals surface area contributed by atoms with Gasteiger partial charge in [0.1, 0.15) is 0 Å². The van der Waals surface area contributed by atoms with E-state index < -0.39 is 11.6 Å². The highest BCUT2D eigenvalue weighted by atomic mass is 16.3. The van der Waals surface area contributed by atoms with E-state index in [-0.39, 0.29) is 5.91 Å². The molecule has 0 radical (unpaired) electrons. The first kappa shape index (κ1) is 10.9. The van der Waals surface area contributed by atoms with Crippen molar-refractivity contribution in [3.8, 4) is 0 Å². The molecule has 0 aromatic carbocycles. The van der Waals surface area contributed by atoms with Crippen LogP contribution in [0.4, 0.5) is 0 Å². The quantitative estimate of drug-likeness (QED) is 0.629. The fraction of sp³-hybridized carbons (Fsp3) is 0.909. The summed E-state index contributed by atoms with van der Waals surface area (Å²) in [7, 11) is 0. The lowest BCUT2D eigenvalue weighted by atomic mass is 9.78. The van der Waals surface area contributed by atoms with E-state index in [1.54, 1.807) is 0 Å². The maximum atomic E-state index is 11.7. The molecule has 2 aliphatic rings. The molecule has 0 heterocycles. The second-order valence-electron chi connectivity index (χ2n) is 4.98. The van der Waals surface area contributed by atoms with Gasteiger partial charge in [0.15, 0.2) is 6.10 Å². The van der Waals surface area contributed by atoms with E-state index in [2.05, 4.69) is 5.32 Å². The minimum atomic E-state index is -1.03. The van der Waals surface area contributed by atoms with Crippen molar-refractivity contribution in [2.75, 3.05) is 0 Å². The molecular formula is C11H20N2O2. The molecular weight excluding hydrogens is 192 g/mol. The minimum Gasteiger partial charge on any atom is -0.381 e. The van der Waals surface area contributed by atoms with Gasteiger partial charge in [-0.1, -0.05) is 19.3 Å². The predicted molar refractivity (Wildman–Crippen MR) is 57.2 cm³/mol. The van der Waals surface area contributed by atoms with E-state index >= 15 is 0 Å². The molecule has 1 unspecified atom stereocenters. The van der Waals surface area contributed by atoms with Crippen LogP contribution in [0.25, 0.3) is 0 Å². The van der Waals surface area contributed by atoms with Crippen LogP contribution >= 0.6 is 0 Å². The molecule has 0 bridgehead atoms. The number of carbonyl (C=O) groups is 1. The SMILES string of the molecule is NC1(C(O)C(=O)NC2CC2)CCCCC1. The van der Waals surface area contributed by atoms with Crippen LogP contribution in [0, 0.1) is 0 Å². The van der Waals surface area contributed by atoms with Crippen LogP contribution in [-0.2, 0) is 4.79 Å². The number of carbonyl (C=O) groups excluding carboxylic acids is 1. The summed E-state index contributed by atoms with van der Waals surface area (Å²) in [5, 5.41) is 12.7. The maximum Gasteiger partial charge on any atom is 0.250 e. The van der Waals surface area contributed by atoms with Gasteiger partial charge in [-0.3, -0.25) is 4.79 Å². The number of rotatable bonds is 3. The van der Waals surface area contributed by atoms with Gasteiger partial charge in [0.2, 0.25) is 0 Å². The Kier molecular flexibility index (Phi) is 2.98. The zero-order chi connectivity index (χ0) is 10.9. The van der Waals surface area contributed by atoms with Crippen molar-refractivity contribution in [3.05, 3.63) is 0 Å². The number of hydrogen-bond donors (Lipinski definition) is 3. The standard InChI is InChI=1S/C11H20N2O2/c12-11(6-2-1-3-7-11)9(14)10(15)13-8-4-5-8/h8-9,14H,1-7,12H2,(H,13,15). The first-order valence-corrected chi connectivity index (χ1v) is 5.89. The van der Waals surface area contributed by atoms with Gasteiger partial charge in [-0.05, 0) is 25.7 Å². The summed E-state index contributed by atoms with van der Waals surface area (Å²) < 4.78 is 0. The van der Waals surface area contributed by atoms with Crippen molar-refractivity contribution in [1.29, 1.82) is 0 Å². The van der Waals surface area contributed by atoms with Crippen LogP contribution in [0.5, 0.6) is 0 Å². The fourth-order valence-corrected chi connectivity index (χ4v) is 2.25. The van der Waals surface area contributed by atoms with Crippen LogP contribution in [0.1, 0.15) is 44.9 Å². The molecule has 15 heavy (non-hydrogen) atoms. The molecule has 0 aromatic rings. The van der Waals surface area contributed by atoms with Gasteiger partial charge in [-0.2, -0.15) is 0 Å². The summed E-state index contributed by atoms with van der Waals surface area (Å²) >= 11 is 0. The van der Waals surface area contributed by atoms with Gasteiger partial charge in [0, 0.05) is 6.04 Å². The molecule has 86 valence electrons. The van der Waals surface area contributed by atoms with Gasteiger partial charge < -0.3 is 16.2 Å². The Balaban J connectivity index is 1.91. The molecule has 0 saturated heterocycles. The molecule has 0 spiro atoms. The monoisotopic (exact) mass is 212 g/mol. The average molecular weight is 212 g/mol. The van der Waals surface area contributed by atoms with Crippen molar-refractivity contribution in [2.45, 2.75) is 62.6 Å². The summed E-state index contributed by atoms with van der Waals surface area (Å²) in [5.74, 6) is -0.276. The normalized spacial score (nSPS) is 27.1. The highest BCUT2D eigenvalue weighted by Crippen LogP contribution is 2.29. The Labute approximate surface area is 90.2 Å². The Hall–Kier alpha value is -0.610. The number of aliphatic hydroxyl groups excluding tert-OH is 1. The van der Waals surface area contributed by atoms with Crippen LogP contribution in [0.2, 0.25) is 0 Å². The largest absolute Gasteiger partial charge is 0.381 e. The first-order chi connectivity index (χ1) is 7.12. The molecule has 4 heteroatoms. The molecule has 0 aromatic heterocycles. The second kappa shape index (κ2) is 4.10. The van der Waals surface area contributed by atoms with Crippen molar-refractivity contribution in [3.63, 3.8) is 0 Å². The van der Waals surface area contributed by atoms with Crippen LogP contribution in [0.3, 0.4) is 0 Å². The zero-order valence-electron chi connectivity index (χ0n) is 9.04. The molecule has 1 atom stereocenters. The molecule has 2 fully saturated rings. The van der Waals surface area contributed by atoms with Crippen molar-refractivity contribution in [2.24, 2.45) is 5.73 Å². The summed E-state index contributed by atoms with van der Waals surface area (Å²) in [4.78, 5) is 11.7. The Morgan fingerprint density at radius 2 is 1.93 bits per heavy atom. The number of nitrogens with one attached hydrogen (secondary N) is 1. The first-order valence-electron chi connectivity index (χ1n) is 5.89. The van der Waals surface area contributed by atoms with E-state index in [1.165, 1.54) is 0 Å². The third-order valence-electron chi connectivity index (χ3n) is 3.50. The van der Waals surface area contributed by atoms with Crippen LogP contribution in [0.15, 0.2) is 0 Å². The summed E-state index contributed by atoms with van der Waals surface area (Å²) in [5.41, 5.74) is 5.41. The van der Waals surface area contributed by atoms with Crippen molar-refractivity contribution >= 4 is 5.91 Å². The summed E-state index contributed by atoms with van der Waals surface area (Å²) in [6.07, 6.45) is 5.76.